The average Bonchev–Trinajstić information content (AvgIpc) is 3.18. The second-order valence-electron chi connectivity index (χ2n) is 8.28. The number of ketones is 1. The van der Waals surface area contributed by atoms with Crippen molar-refractivity contribution in [1.29, 1.82) is 0 Å². The SMILES string of the molecule is COc1c(C(C)C)cc(C=C(C(=O)C(=O)O)c2ccc3c(c2)CCN3)cc1C(C)C. The Balaban J connectivity index is 2.20. The van der Waals surface area contributed by atoms with Crippen LogP contribution in [0.3, 0.4) is 0 Å². The van der Waals surface area contributed by atoms with Crippen molar-refractivity contribution in [2.24, 2.45) is 0 Å². The third-order valence-electron chi connectivity index (χ3n) is 5.49. The largest absolute Gasteiger partial charge is 0.496 e. The maximum Gasteiger partial charge on any atom is 0.377 e. The number of Topliss-reactive ketones (excluding diaryl/α,β-unsaturated/α-hetero) is 1. The zero-order valence-corrected chi connectivity index (χ0v) is 18.2. The van der Waals surface area contributed by atoms with Crippen LogP contribution >= 0.6 is 0 Å². The van der Waals surface area contributed by atoms with Gasteiger partial charge in [0, 0.05) is 17.8 Å². The van der Waals surface area contributed by atoms with Crippen molar-refractivity contribution in [2.45, 2.75) is 46.0 Å². The van der Waals surface area contributed by atoms with Gasteiger partial charge in [0.05, 0.1) is 7.11 Å². The highest BCUT2D eigenvalue weighted by Gasteiger charge is 2.23. The molecule has 0 amide bonds. The number of hydrogen-bond acceptors (Lipinski definition) is 4. The summed E-state index contributed by atoms with van der Waals surface area (Å²) in [6, 6.07) is 9.60. The summed E-state index contributed by atoms with van der Waals surface area (Å²) in [5.74, 6) is -1.08. The molecule has 0 aliphatic carbocycles. The second-order valence-corrected chi connectivity index (χ2v) is 8.28. The minimum Gasteiger partial charge on any atom is -0.496 e. The highest BCUT2D eigenvalue weighted by molar-refractivity contribution is 6.52. The first-order valence-electron chi connectivity index (χ1n) is 10.3. The van der Waals surface area contributed by atoms with Crippen molar-refractivity contribution in [3.05, 3.63) is 58.1 Å². The van der Waals surface area contributed by atoms with Gasteiger partial charge >= 0.3 is 5.97 Å². The molecular weight excluding hydrogens is 378 g/mol. The van der Waals surface area contributed by atoms with Crippen LogP contribution in [0.2, 0.25) is 0 Å². The maximum atomic E-state index is 12.6. The van der Waals surface area contributed by atoms with Gasteiger partial charge in [0.2, 0.25) is 0 Å². The van der Waals surface area contributed by atoms with Gasteiger partial charge in [0.1, 0.15) is 5.75 Å². The number of carboxylic acids is 1. The van der Waals surface area contributed by atoms with E-state index >= 15 is 0 Å². The fourth-order valence-corrected chi connectivity index (χ4v) is 3.91. The van der Waals surface area contributed by atoms with Crippen LogP contribution in [0.5, 0.6) is 5.75 Å². The number of rotatable bonds is 7. The van der Waals surface area contributed by atoms with Crippen molar-refractivity contribution in [3.8, 4) is 5.75 Å². The van der Waals surface area contributed by atoms with E-state index in [1.807, 2.05) is 24.3 Å². The van der Waals surface area contributed by atoms with Crippen molar-refractivity contribution < 1.29 is 19.4 Å². The van der Waals surface area contributed by atoms with Crippen LogP contribution < -0.4 is 10.1 Å². The molecule has 1 aliphatic rings. The van der Waals surface area contributed by atoms with Crippen LogP contribution in [0.1, 0.15) is 67.3 Å². The summed E-state index contributed by atoms with van der Waals surface area (Å²) in [5, 5.41) is 12.7. The standard InChI is InChI=1S/C25H29NO4/c1-14(2)19-10-16(11-20(15(3)4)24(19)30-5)12-21(23(27)25(28)29)17-6-7-22-18(13-17)8-9-26-22/h6-7,10-15,26H,8-9H2,1-5H3,(H,28,29). The van der Waals surface area contributed by atoms with Gasteiger partial charge in [-0.2, -0.15) is 0 Å². The number of carbonyl (C=O) groups is 2. The van der Waals surface area contributed by atoms with E-state index in [9.17, 15) is 14.7 Å². The summed E-state index contributed by atoms with van der Waals surface area (Å²) in [5.41, 5.74) is 5.81. The lowest BCUT2D eigenvalue weighted by Gasteiger charge is -2.20. The molecule has 0 unspecified atom stereocenters. The third-order valence-corrected chi connectivity index (χ3v) is 5.49. The Kier molecular flexibility index (Phi) is 6.30. The number of carboxylic acid groups (broad SMARTS) is 1. The number of carbonyl (C=O) groups excluding carboxylic acids is 1. The van der Waals surface area contributed by atoms with Gasteiger partial charge in [-0.15, -0.1) is 0 Å². The molecule has 158 valence electrons. The number of nitrogens with one attached hydrogen (secondary N) is 1. The van der Waals surface area contributed by atoms with Gasteiger partial charge in [-0.25, -0.2) is 4.79 Å². The Labute approximate surface area is 177 Å². The monoisotopic (exact) mass is 407 g/mol. The Hall–Kier alpha value is -3.08. The average molecular weight is 408 g/mol. The first-order chi connectivity index (χ1) is 14.2. The Morgan fingerprint density at radius 3 is 2.23 bits per heavy atom. The maximum absolute atomic E-state index is 12.6. The molecule has 2 aromatic rings. The normalized spacial score (nSPS) is 13.4. The van der Waals surface area contributed by atoms with Crippen LogP contribution in [-0.2, 0) is 16.0 Å². The molecule has 1 aliphatic heterocycles. The lowest BCUT2D eigenvalue weighted by molar-refractivity contribution is -0.146. The molecule has 0 aromatic heterocycles. The van der Waals surface area contributed by atoms with Crippen molar-refractivity contribution in [2.75, 3.05) is 19.0 Å². The lowest BCUT2D eigenvalue weighted by Crippen LogP contribution is -2.14. The molecule has 1 heterocycles. The minimum absolute atomic E-state index is 0.187. The molecule has 0 radical (unpaired) electrons. The van der Waals surface area contributed by atoms with Gasteiger partial charge in [-0.3, -0.25) is 4.79 Å². The predicted octanol–water partition coefficient (Wildman–Crippen LogP) is 5.10. The first kappa shape index (κ1) is 21.6. The topological polar surface area (TPSA) is 75.6 Å². The smallest absolute Gasteiger partial charge is 0.377 e. The summed E-state index contributed by atoms with van der Waals surface area (Å²) < 4.78 is 5.69. The molecule has 5 nitrogen and oxygen atoms in total. The first-order valence-corrected chi connectivity index (χ1v) is 10.3. The summed E-state index contributed by atoms with van der Waals surface area (Å²) in [4.78, 5) is 24.2. The molecule has 0 atom stereocenters. The number of aliphatic carboxylic acids is 1. The molecule has 2 N–H and O–H groups in total. The van der Waals surface area contributed by atoms with Gasteiger partial charge in [0.25, 0.3) is 5.78 Å². The molecule has 0 fully saturated rings. The van der Waals surface area contributed by atoms with E-state index in [1.165, 1.54) is 0 Å². The molecule has 3 rings (SSSR count). The number of benzene rings is 2. The molecule has 0 bridgehead atoms. The van der Waals surface area contributed by atoms with E-state index in [2.05, 4.69) is 33.0 Å². The summed E-state index contributed by atoms with van der Waals surface area (Å²) in [7, 11) is 1.67. The van der Waals surface area contributed by atoms with Crippen LogP contribution in [0.4, 0.5) is 5.69 Å². The van der Waals surface area contributed by atoms with Crippen molar-refractivity contribution in [1.82, 2.24) is 0 Å². The molecule has 5 heteroatoms. The highest BCUT2D eigenvalue weighted by atomic mass is 16.5. The van der Waals surface area contributed by atoms with Gasteiger partial charge in [0.15, 0.2) is 0 Å². The van der Waals surface area contributed by atoms with Gasteiger partial charge in [-0.1, -0.05) is 33.8 Å². The molecule has 30 heavy (non-hydrogen) atoms. The molecule has 2 aromatic carbocycles. The second kappa shape index (κ2) is 8.74. The van der Waals surface area contributed by atoms with E-state index in [4.69, 9.17) is 4.74 Å². The van der Waals surface area contributed by atoms with Crippen molar-refractivity contribution in [3.63, 3.8) is 0 Å². The molecule has 0 saturated heterocycles. The quantitative estimate of drug-likeness (QED) is 0.379. The Morgan fingerprint density at radius 1 is 1.07 bits per heavy atom. The van der Waals surface area contributed by atoms with E-state index in [1.54, 1.807) is 19.3 Å². The fourth-order valence-electron chi connectivity index (χ4n) is 3.91. The van der Waals surface area contributed by atoms with Gasteiger partial charge < -0.3 is 15.2 Å². The summed E-state index contributed by atoms with van der Waals surface area (Å²) in [6.45, 7) is 9.20. The van der Waals surface area contributed by atoms with Crippen LogP contribution in [0.15, 0.2) is 30.3 Å². The van der Waals surface area contributed by atoms with Crippen LogP contribution in [0.25, 0.3) is 11.6 Å². The van der Waals surface area contributed by atoms with E-state index in [0.717, 1.165) is 46.7 Å². The molecule has 0 saturated carbocycles. The van der Waals surface area contributed by atoms with Crippen molar-refractivity contribution >= 4 is 29.1 Å². The number of fused-ring (bicyclic) bond motifs is 1. The number of anilines is 1. The minimum atomic E-state index is -1.46. The molecular formula is C25H29NO4. The number of hydrogen-bond donors (Lipinski definition) is 2. The zero-order chi connectivity index (χ0) is 22.0. The number of methoxy groups -OCH3 is 1. The zero-order valence-electron chi connectivity index (χ0n) is 18.2. The Morgan fingerprint density at radius 2 is 1.70 bits per heavy atom. The fraction of sp³-hybridized carbons (Fsp3) is 0.360. The van der Waals surface area contributed by atoms with E-state index in [-0.39, 0.29) is 17.4 Å². The van der Waals surface area contributed by atoms with Crippen LogP contribution in [-0.4, -0.2) is 30.5 Å². The lowest BCUT2D eigenvalue weighted by atomic mass is 9.89. The predicted molar refractivity (Wildman–Crippen MR) is 120 cm³/mol. The molecule has 0 spiro atoms. The van der Waals surface area contributed by atoms with E-state index in [0.29, 0.717) is 5.56 Å². The third kappa shape index (κ3) is 4.25. The number of ether oxygens (including phenoxy) is 1. The van der Waals surface area contributed by atoms with Crippen LogP contribution in [0, 0.1) is 0 Å². The summed E-state index contributed by atoms with van der Waals surface area (Å²) >= 11 is 0. The van der Waals surface area contributed by atoms with E-state index < -0.39 is 11.8 Å². The highest BCUT2D eigenvalue weighted by Crippen LogP contribution is 2.37. The summed E-state index contributed by atoms with van der Waals surface area (Å²) in [6.07, 6.45) is 2.55. The van der Waals surface area contributed by atoms with Gasteiger partial charge in [-0.05, 0) is 76.4 Å². The Bertz CT molecular complexity index is 989.